The van der Waals surface area contributed by atoms with E-state index in [0.29, 0.717) is 0 Å². The molecule has 0 saturated heterocycles. The predicted molar refractivity (Wildman–Crippen MR) is 55.6 cm³/mol. The van der Waals surface area contributed by atoms with Crippen LogP contribution in [-0.2, 0) is 0 Å². The van der Waals surface area contributed by atoms with Gasteiger partial charge in [-0.2, -0.15) is 5.10 Å². The van der Waals surface area contributed by atoms with Gasteiger partial charge in [-0.3, -0.25) is 0 Å². The fraction of sp³-hybridized carbons (Fsp3) is 0.0909. The van der Waals surface area contributed by atoms with Crippen LogP contribution in [0, 0.1) is 11.6 Å². The van der Waals surface area contributed by atoms with E-state index in [0.717, 1.165) is 12.1 Å². The molecule has 2 aromatic rings. The zero-order chi connectivity index (χ0) is 12.4. The fourth-order valence-corrected chi connectivity index (χ4v) is 1.40. The molecule has 0 unspecified atom stereocenters. The Hall–Kier alpha value is -2.24. The molecule has 4 nitrogen and oxygen atoms in total. The molecule has 17 heavy (non-hydrogen) atoms. The first-order valence-corrected chi connectivity index (χ1v) is 4.67. The molecule has 6 heteroatoms. The normalized spacial score (nSPS) is 10.3. The van der Waals surface area contributed by atoms with Crippen molar-refractivity contribution in [3.05, 3.63) is 36.0 Å². The molecule has 0 bridgehead atoms. The van der Waals surface area contributed by atoms with Crippen LogP contribution in [0.1, 0.15) is 0 Å². The van der Waals surface area contributed by atoms with Gasteiger partial charge >= 0.3 is 0 Å². The van der Waals surface area contributed by atoms with Crippen molar-refractivity contribution in [2.24, 2.45) is 0 Å². The summed E-state index contributed by atoms with van der Waals surface area (Å²) >= 11 is 0. The topological polar surface area (TPSA) is 55.2 Å². The third-order valence-electron chi connectivity index (χ3n) is 2.20. The standard InChI is InChI=1S/C11H8F2N2O2/c1-17-9-4-6(5-14-15-9)10-8(16)3-2-7(12)11(10)13/h2-5,16H,1H3. The van der Waals surface area contributed by atoms with Crippen LogP contribution in [0.2, 0.25) is 0 Å². The first-order chi connectivity index (χ1) is 8.13. The van der Waals surface area contributed by atoms with Crippen molar-refractivity contribution in [3.8, 4) is 22.8 Å². The van der Waals surface area contributed by atoms with Gasteiger partial charge in [0.2, 0.25) is 5.88 Å². The minimum atomic E-state index is -1.14. The molecule has 0 aliphatic rings. The van der Waals surface area contributed by atoms with Crippen LogP contribution in [0.15, 0.2) is 24.4 Å². The van der Waals surface area contributed by atoms with Gasteiger partial charge < -0.3 is 9.84 Å². The van der Waals surface area contributed by atoms with E-state index in [1.165, 1.54) is 19.4 Å². The molecule has 0 aliphatic heterocycles. The van der Waals surface area contributed by atoms with Crippen molar-refractivity contribution in [1.29, 1.82) is 0 Å². The number of benzene rings is 1. The number of ether oxygens (including phenoxy) is 1. The van der Waals surface area contributed by atoms with Gasteiger partial charge in [-0.25, -0.2) is 8.78 Å². The highest BCUT2D eigenvalue weighted by Crippen LogP contribution is 2.33. The molecule has 0 aliphatic carbocycles. The third kappa shape index (κ3) is 2.01. The number of halogens is 2. The second-order valence-corrected chi connectivity index (χ2v) is 3.24. The Morgan fingerprint density at radius 2 is 2.06 bits per heavy atom. The number of rotatable bonds is 2. The van der Waals surface area contributed by atoms with E-state index < -0.39 is 11.6 Å². The van der Waals surface area contributed by atoms with E-state index in [2.05, 4.69) is 10.2 Å². The Kier molecular flexibility index (Phi) is 2.86. The largest absolute Gasteiger partial charge is 0.507 e. The summed E-state index contributed by atoms with van der Waals surface area (Å²) < 4.78 is 31.4. The minimum absolute atomic E-state index is 0.144. The summed E-state index contributed by atoms with van der Waals surface area (Å²) in [6.45, 7) is 0. The Morgan fingerprint density at radius 3 is 2.76 bits per heavy atom. The molecule has 0 saturated carbocycles. The van der Waals surface area contributed by atoms with Gasteiger partial charge in [0, 0.05) is 11.6 Å². The van der Waals surface area contributed by atoms with Crippen LogP contribution >= 0.6 is 0 Å². The summed E-state index contributed by atoms with van der Waals surface area (Å²) in [5, 5.41) is 16.7. The van der Waals surface area contributed by atoms with Crippen molar-refractivity contribution < 1.29 is 18.6 Å². The van der Waals surface area contributed by atoms with Crippen LogP contribution in [0.25, 0.3) is 11.1 Å². The molecule has 1 heterocycles. The average molecular weight is 238 g/mol. The molecule has 1 aromatic carbocycles. The number of hydrogen-bond donors (Lipinski definition) is 1. The Bertz CT molecular complexity index is 561. The predicted octanol–water partition coefficient (Wildman–Crippen LogP) is 2.14. The second-order valence-electron chi connectivity index (χ2n) is 3.24. The average Bonchev–Trinajstić information content (AvgIpc) is 2.35. The molecular formula is C11H8F2N2O2. The Labute approximate surface area is 95.5 Å². The molecule has 88 valence electrons. The van der Waals surface area contributed by atoms with E-state index in [9.17, 15) is 13.9 Å². The Balaban J connectivity index is 2.63. The van der Waals surface area contributed by atoms with E-state index in [1.807, 2.05) is 0 Å². The third-order valence-corrected chi connectivity index (χ3v) is 2.20. The van der Waals surface area contributed by atoms with Gasteiger partial charge in [0.05, 0.1) is 18.9 Å². The summed E-state index contributed by atoms with van der Waals surface area (Å²) in [4.78, 5) is 0. The Morgan fingerprint density at radius 1 is 1.29 bits per heavy atom. The summed E-state index contributed by atoms with van der Waals surface area (Å²) in [6.07, 6.45) is 1.21. The number of methoxy groups -OCH3 is 1. The van der Waals surface area contributed by atoms with Crippen molar-refractivity contribution in [1.82, 2.24) is 10.2 Å². The summed E-state index contributed by atoms with van der Waals surface area (Å²) in [5.74, 6) is -2.42. The highest BCUT2D eigenvalue weighted by atomic mass is 19.2. The van der Waals surface area contributed by atoms with Gasteiger partial charge in [-0.05, 0) is 12.1 Å². The van der Waals surface area contributed by atoms with Gasteiger partial charge in [-0.15, -0.1) is 5.10 Å². The van der Waals surface area contributed by atoms with E-state index >= 15 is 0 Å². The molecule has 2 rings (SSSR count). The maximum absolute atomic E-state index is 13.6. The monoisotopic (exact) mass is 238 g/mol. The lowest BCUT2D eigenvalue weighted by atomic mass is 10.1. The lowest BCUT2D eigenvalue weighted by Crippen LogP contribution is -1.94. The smallest absolute Gasteiger partial charge is 0.233 e. The van der Waals surface area contributed by atoms with Crippen molar-refractivity contribution >= 4 is 0 Å². The second kappa shape index (κ2) is 4.32. The lowest BCUT2D eigenvalue weighted by molar-refractivity contribution is 0.392. The van der Waals surface area contributed by atoms with E-state index in [4.69, 9.17) is 4.74 Å². The first-order valence-electron chi connectivity index (χ1n) is 4.67. The maximum Gasteiger partial charge on any atom is 0.233 e. The van der Waals surface area contributed by atoms with Crippen LogP contribution in [0.3, 0.4) is 0 Å². The number of phenolic OH excluding ortho intramolecular Hbond substituents is 1. The van der Waals surface area contributed by atoms with Gasteiger partial charge in [-0.1, -0.05) is 0 Å². The molecule has 1 aromatic heterocycles. The molecule has 0 atom stereocenters. The van der Waals surface area contributed by atoms with Crippen LogP contribution in [-0.4, -0.2) is 22.4 Å². The highest BCUT2D eigenvalue weighted by molar-refractivity contribution is 5.70. The summed E-state index contributed by atoms with van der Waals surface area (Å²) in [6, 6.07) is 3.27. The first kappa shape index (κ1) is 11.3. The molecule has 1 N–H and O–H groups in total. The number of phenols is 1. The number of aromatic nitrogens is 2. The van der Waals surface area contributed by atoms with Crippen molar-refractivity contribution in [2.45, 2.75) is 0 Å². The summed E-state index contributed by atoms with van der Waals surface area (Å²) in [7, 11) is 1.37. The van der Waals surface area contributed by atoms with Crippen molar-refractivity contribution in [3.63, 3.8) is 0 Å². The fourth-order valence-electron chi connectivity index (χ4n) is 1.40. The van der Waals surface area contributed by atoms with E-state index in [1.54, 1.807) is 0 Å². The minimum Gasteiger partial charge on any atom is -0.507 e. The molecule has 0 fully saturated rings. The van der Waals surface area contributed by atoms with Crippen molar-refractivity contribution in [2.75, 3.05) is 7.11 Å². The van der Waals surface area contributed by atoms with E-state index in [-0.39, 0.29) is 22.8 Å². The SMILES string of the molecule is COc1cc(-c2c(O)ccc(F)c2F)cnn1. The number of nitrogens with zero attached hydrogens (tertiary/aromatic N) is 2. The molecule has 0 amide bonds. The highest BCUT2D eigenvalue weighted by Gasteiger charge is 2.16. The van der Waals surface area contributed by atoms with Crippen LogP contribution < -0.4 is 4.74 Å². The molecular weight excluding hydrogens is 230 g/mol. The number of hydrogen-bond acceptors (Lipinski definition) is 4. The maximum atomic E-state index is 13.6. The number of aromatic hydroxyl groups is 1. The van der Waals surface area contributed by atoms with Gasteiger partial charge in [0.15, 0.2) is 11.6 Å². The lowest BCUT2D eigenvalue weighted by Gasteiger charge is -2.07. The van der Waals surface area contributed by atoms with Crippen LogP contribution in [0.5, 0.6) is 11.6 Å². The summed E-state index contributed by atoms with van der Waals surface area (Å²) in [5.41, 5.74) is -0.0791. The molecule has 0 spiro atoms. The zero-order valence-corrected chi connectivity index (χ0v) is 8.82. The van der Waals surface area contributed by atoms with Gasteiger partial charge in [0.1, 0.15) is 5.75 Å². The quantitative estimate of drug-likeness (QED) is 0.870. The zero-order valence-electron chi connectivity index (χ0n) is 8.82. The van der Waals surface area contributed by atoms with Gasteiger partial charge in [0.25, 0.3) is 0 Å². The molecule has 0 radical (unpaired) electrons. The van der Waals surface area contributed by atoms with Crippen LogP contribution in [0.4, 0.5) is 8.78 Å².